The first-order valence-corrected chi connectivity index (χ1v) is 4.73. The highest BCUT2D eigenvalue weighted by Crippen LogP contribution is 2.17. The molecule has 1 aromatic rings. The Bertz CT molecular complexity index is 432. The minimum Gasteiger partial charge on any atom is -0.481 e. The number of aryl methyl sites for hydroxylation is 1. The average molecular weight is 209 g/mol. The molecule has 15 heavy (non-hydrogen) atoms. The maximum Gasteiger partial charge on any atom is 0.310 e. The molecule has 4 nitrogen and oxygen atoms in total. The van der Waals surface area contributed by atoms with E-state index in [1.54, 1.807) is 37.7 Å². The summed E-state index contributed by atoms with van der Waals surface area (Å²) in [6.07, 6.45) is 3.28. The molecule has 0 unspecified atom stereocenters. The number of carboxylic acid groups (broad SMARTS) is 1. The van der Waals surface area contributed by atoms with E-state index in [2.05, 4.69) is 0 Å². The lowest BCUT2D eigenvalue weighted by Gasteiger charge is -2.20. The van der Waals surface area contributed by atoms with Gasteiger partial charge in [-0.3, -0.25) is 9.59 Å². The van der Waals surface area contributed by atoms with Crippen LogP contribution in [-0.2, 0) is 11.3 Å². The summed E-state index contributed by atoms with van der Waals surface area (Å²) in [7, 11) is 0. The zero-order valence-corrected chi connectivity index (χ0v) is 9.15. The third-order valence-electron chi connectivity index (χ3n) is 2.32. The number of nitrogens with zero attached hydrogens (tertiary/aromatic N) is 1. The summed E-state index contributed by atoms with van der Waals surface area (Å²) in [5.41, 5.74) is -0.236. The summed E-state index contributed by atoms with van der Waals surface area (Å²) in [5.74, 6) is -0.848. The van der Waals surface area contributed by atoms with Crippen molar-refractivity contribution in [3.63, 3.8) is 0 Å². The van der Waals surface area contributed by atoms with E-state index in [1.165, 1.54) is 6.07 Å². The van der Waals surface area contributed by atoms with Crippen LogP contribution in [0.5, 0.6) is 0 Å². The normalized spacial score (nSPS) is 11.4. The van der Waals surface area contributed by atoms with Crippen molar-refractivity contribution in [2.45, 2.75) is 27.3 Å². The van der Waals surface area contributed by atoms with E-state index in [4.69, 9.17) is 5.11 Å². The molecule has 0 radical (unpaired) electrons. The van der Waals surface area contributed by atoms with Gasteiger partial charge in [-0.05, 0) is 20.8 Å². The largest absolute Gasteiger partial charge is 0.481 e. The molecule has 4 heteroatoms. The van der Waals surface area contributed by atoms with E-state index in [0.717, 1.165) is 0 Å². The minimum atomic E-state index is -0.848. The highest BCUT2D eigenvalue weighted by Gasteiger charge is 2.27. The summed E-state index contributed by atoms with van der Waals surface area (Å²) in [5, 5.41) is 8.95. The second-order valence-electron chi connectivity index (χ2n) is 4.35. The van der Waals surface area contributed by atoms with Crippen LogP contribution in [0.4, 0.5) is 0 Å². The fourth-order valence-electron chi connectivity index (χ4n) is 1.27. The van der Waals surface area contributed by atoms with Gasteiger partial charge >= 0.3 is 5.97 Å². The number of rotatable bonds is 3. The van der Waals surface area contributed by atoms with Crippen molar-refractivity contribution in [2.24, 2.45) is 5.41 Å². The van der Waals surface area contributed by atoms with Crippen molar-refractivity contribution < 1.29 is 9.90 Å². The molecular formula is C11H15NO3. The van der Waals surface area contributed by atoms with Crippen LogP contribution in [0.15, 0.2) is 23.3 Å². The number of aromatic nitrogens is 1. The predicted molar refractivity (Wildman–Crippen MR) is 56.9 cm³/mol. The lowest BCUT2D eigenvalue weighted by molar-refractivity contribution is -0.147. The first-order valence-electron chi connectivity index (χ1n) is 4.73. The van der Waals surface area contributed by atoms with Gasteiger partial charge in [-0.1, -0.05) is 0 Å². The van der Waals surface area contributed by atoms with Gasteiger partial charge in [-0.25, -0.2) is 0 Å². The molecule has 0 aliphatic rings. The topological polar surface area (TPSA) is 59.3 Å². The number of pyridine rings is 1. The Hall–Kier alpha value is -1.58. The van der Waals surface area contributed by atoms with Crippen molar-refractivity contribution in [1.82, 2.24) is 4.57 Å². The molecule has 0 aromatic carbocycles. The number of hydrogen-bond acceptors (Lipinski definition) is 2. The Labute approximate surface area is 88.2 Å². The SMILES string of the molecule is Cc1cn(CC(C)(C)C(=O)O)ccc1=O. The Kier molecular flexibility index (Phi) is 2.98. The Morgan fingerprint density at radius 3 is 2.60 bits per heavy atom. The molecule has 1 aromatic heterocycles. The van der Waals surface area contributed by atoms with Crippen LogP contribution < -0.4 is 5.43 Å². The van der Waals surface area contributed by atoms with Gasteiger partial charge in [0.2, 0.25) is 0 Å². The lowest BCUT2D eigenvalue weighted by Crippen LogP contribution is -2.29. The number of carbonyl (C=O) groups is 1. The molecule has 0 aliphatic heterocycles. The maximum atomic E-state index is 11.1. The van der Waals surface area contributed by atoms with Gasteiger partial charge in [0.15, 0.2) is 5.43 Å². The fourth-order valence-corrected chi connectivity index (χ4v) is 1.27. The molecule has 0 aliphatic carbocycles. The van der Waals surface area contributed by atoms with Gasteiger partial charge in [-0.15, -0.1) is 0 Å². The van der Waals surface area contributed by atoms with Crippen LogP contribution in [-0.4, -0.2) is 15.6 Å². The molecule has 0 amide bonds. The Morgan fingerprint density at radius 2 is 2.13 bits per heavy atom. The third-order valence-corrected chi connectivity index (χ3v) is 2.32. The smallest absolute Gasteiger partial charge is 0.310 e. The van der Waals surface area contributed by atoms with Gasteiger partial charge in [0.25, 0.3) is 0 Å². The summed E-state index contributed by atoms with van der Waals surface area (Å²) in [6.45, 7) is 5.38. The highest BCUT2D eigenvalue weighted by atomic mass is 16.4. The van der Waals surface area contributed by atoms with Crippen LogP contribution in [0.3, 0.4) is 0 Å². The fraction of sp³-hybridized carbons (Fsp3) is 0.455. The van der Waals surface area contributed by atoms with Crippen LogP contribution in [0, 0.1) is 12.3 Å². The molecule has 0 saturated heterocycles. The molecule has 0 spiro atoms. The van der Waals surface area contributed by atoms with Gasteiger partial charge < -0.3 is 9.67 Å². The summed E-state index contributed by atoms with van der Waals surface area (Å²) < 4.78 is 1.73. The average Bonchev–Trinajstić information content (AvgIpc) is 2.10. The van der Waals surface area contributed by atoms with E-state index < -0.39 is 11.4 Å². The van der Waals surface area contributed by atoms with E-state index in [9.17, 15) is 9.59 Å². The van der Waals surface area contributed by atoms with Crippen LogP contribution in [0.2, 0.25) is 0 Å². The summed E-state index contributed by atoms with van der Waals surface area (Å²) in [6, 6.07) is 1.45. The van der Waals surface area contributed by atoms with Crippen molar-refractivity contribution in [1.29, 1.82) is 0 Å². The van der Waals surface area contributed by atoms with Crippen molar-refractivity contribution in [3.8, 4) is 0 Å². The van der Waals surface area contributed by atoms with Gasteiger partial charge in [0.1, 0.15) is 0 Å². The van der Waals surface area contributed by atoms with Crippen molar-refractivity contribution >= 4 is 5.97 Å². The molecule has 0 atom stereocenters. The first-order chi connectivity index (χ1) is 6.83. The zero-order chi connectivity index (χ0) is 11.6. The maximum absolute atomic E-state index is 11.1. The molecule has 1 rings (SSSR count). The van der Waals surface area contributed by atoms with Crippen molar-refractivity contribution in [3.05, 3.63) is 34.2 Å². The van der Waals surface area contributed by atoms with Crippen LogP contribution in [0.1, 0.15) is 19.4 Å². The summed E-state index contributed by atoms with van der Waals surface area (Å²) >= 11 is 0. The Balaban J connectivity index is 2.95. The van der Waals surface area contributed by atoms with E-state index in [1.807, 2.05) is 0 Å². The number of hydrogen-bond donors (Lipinski definition) is 1. The van der Waals surface area contributed by atoms with Crippen molar-refractivity contribution in [2.75, 3.05) is 0 Å². The molecule has 1 heterocycles. The minimum absolute atomic E-state index is 0.0284. The predicted octanol–water partition coefficient (Wildman–Crippen LogP) is 1.27. The summed E-state index contributed by atoms with van der Waals surface area (Å²) in [4.78, 5) is 22.0. The second kappa shape index (κ2) is 3.88. The number of carboxylic acids is 1. The molecule has 1 N–H and O–H groups in total. The zero-order valence-electron chi connectivity index (χ0n) is 9.15. The second-order valence-corrected chi connectivity index (χ2v) is 4.35. The first kappa shape index (κ1) is 11.5. The highest BCUT2D eigenvalue weighted by molar-refractivity contribution is 5.73. The van der Waals surface area contributed by atoms with E-state index in [-0.39, 0.29) is 5.43 Å². The van der Waals surface area contributed by atoms with Crippen LogP contribution in [0.25, 0.3) is 0 Å². The molecular weight excluding hydrogens is 194 g/mol. The van der Waals surface area contributed by atoms with Crippen LogP contribution >= 0.6 is 0 Å². The quantitative estimate of drug-likeness (QED) is 0.815. The van der Waals surface area contributed by atoms with Gasteiger partial charge in [-0.2, -0.15) is 0 Å². The standard InChI is InChI=1S/C11H15NO3/c1-8-6-12(5-4-9(8)13)7-11(2,3)10(14)15/h4-6H,7H2,1-3H3,(H,14,15). The lowest BCUT2D eigenvalue weighted by atomic mass is 9.94. The van der Waals surface area contributed by atoms with Gasteiger partial charge in [0.05, 0.1) is 5.41 Å². The molecule has 0 saturated carbocycles. The monoisotopic (exact) mass is 209 g/mol. The van der Waals surface area contributed by atoms with E-state index in [0.29, 0.717) is 12.1 Å². The van der Waals surface area contributed by atoms with E-state index >= 15 is 0 Å². The third kappa shape index (κ3) is 2.68. The molecule has 82 valence electrons. The molecule has 0 bridgehead atoms. The van der Waals surface area contributed by atoms with Gasteiger partial charge in [0, 0.05) is 30.6 Å². The molecule has 0 fully saturated rings. The Morgan fingerprint density at radius 1 is 1.53 bits per heavy atom. The number of aliphatic carboxylic acids is 1.